The predicted octanol–water partition coefficient (Wildman–Crippen LogP) is 6.55. The van der Waals surface area contributed by atoms with Crippen molar-refractivity contribution in [2.75, 3.05) is 24.8 Å². The highest BCUT2D eigenvalue weighted by Gasteiger charge is 2.44. The Labute approximate surface area is 218 Å². The van der Waals surface area contributed by atoms with Gasteiger partial charge in [-0.15, -0.1) is 0 Å². The number of nitrogens with zero attached hydrogens (tertiary/aromatic N) is 4. The van der Waals surface area contributed by atoms with Gasteiger partial charge in [0.2, 0.25) is 0 Å². The minimum atomic E-state index is -0.169. The summed E-state index contributed by atoms with van der Waals surface area (Å²) in [7, 11) is 0. The van der Waals surface area contributed by atoms with Crippen molar-refractivity contribution >= 4 is 11.4 Å². The fraction of sp³-hybridized carbons (Fsp3) is 0.250. The van der Waals surface area contributed by atoms with Gasteiger partial charge in [0.1, 0.15) is 0 Å². The summed E-state index contributed by atoms with van der Waals surface area (Å²) >= 11 is 0. The van der Waals surface area contributed by atoms with Gasteiger partial charge < -0.3 is 0 Å². The topological polar surface area (TPSA) is 52.4 Å². The number of rotatable bonds is 4. The lowest BCUT2D eigenvalue weighted by Gasteiger charge is -2.47. The lowest BCUT2D eigenvalue weighted by Crippen LogP contribution is -2.49. The fourth-order valence-electron chi connectivity index (χ4n) is 5.75. The van der Waals surface area contributed by atoms with Crippen LogP contribution in [0.3, 0.4) is 0 Å². The maximum atomic E-state index is 10.1. The normalized spacial score (nSPS) is 16.8. The van der Waals surface area contributed by atoms with Gasteiger partial charge >= 0.3 is 0 Å². The Kier molecular flexibility index (Phi) is 6.21. The minimum absolute atomic E-state index is 0.169. The standard InChI is InChI=1S/C32H30N4O/c1-24-7-6-18-34-29(24)22-35-19-16-32(17-20-35)23-37-36(30-11-5-10-27(21-33)31(30)32)28-14-12-26(13-15-28)25-8-3-2-4-9-25/h2-15,18H,16-17,19-20,22-23H2,1H3. The summed E-state index contributed by atoms with van der Waals surface area (Å²) in [5.41, 5.74) is 8.38. The second kappa shape index (κ2) is 9.82. The smallest absolute Gasteiger partial charge is 0.0995 e. The fourth-order valence-corrected chi connectivity index (χ4v) is 5.75. The van der Waals surface area contributed by atoms with Gasteiger partial charge in [-0.25, -0.2) is 5.06 Å². The number of aromatic nitrogens is 1. The van der Waals surface area contributed by atoms with E-state index in [1.54, 1.807) is 0 Å². The summed E-state index contributed by atoms with van der Waals surface area (Å²) in [6.45, 7) is 5.44. The zero-order valence-electron chi connectivity index (χ0n) is 21.1. The quantitative estimate of drug-likeness (QED) is 0.328. The van der Waals surface area contributed by atoms with E-state index in [0.717, 1.165) is 60.7 Å². The van der Waals surface area contributed by atoms with Crippen molar-refractivity contribution in [2.24, 2.45) is 0 Å². The predicted molar refractivity (Wildman–Crippen MR) is 146 cm³/mol. The lowest BCUT2D eigenvalue weighted by molar-refractivity contribution is 0.0290. The molecule has 0 atom stereocenters. The molecule has 184 valence electrons. The third-order valence-corrected chi connectivity index (χ3v) is 7.90. The molecule has 0 amide bonds. The van der Waals surface area contributed by atoms with Gasteiger partial charge in [0, 0.05) is 23.7 Å². The number of anilines is 2. The molecule has 1 saturated heterocycles. The van der Waals surface area contributed by atoms with Crippen LogP contribution in [-0.2, 0) is 16.8 Å². The number of benzene rings is 3. The van der Waals surface area contributed by atoms with Crippen molar-refractivity contribution < 1.29 is 4.84 Å². The average molecular weight is 487 g/mol. The molecule has 0 bridgehead atoms. The molecule has 5 nitrogen and oxygen atoms in total. The maximum Gasteiger partial charge on any atom is 0.0995 e. The largest absolute Gasteiger partial charge is 0.297 e. The molecule has 37 heavy (non-hydrogen) atoms. The minimum Gasteiger partial charge on any atom is -0.297 e. The van der Waals surface area contributed by atoms with Crippen molar-refractivity contribution in [2.45, 2.75) is 31.7 Å². The van der Waals surface area contributed by atoms with Gasteiger partial charge in [-0.2, -0.15) is 5.26 Å². The zero-order chi connectivity index (χ0) is 25.2. The Morgan fingerprint density at radius 3 is 2.38 bits per heavy atom. The first-order valence-electron chi connectivity index (χ1n) is 12.9. The average Bonchev–Trinajstić information content (AvgIpc) is 2.96. The molecule has 0 unspecified atom stereocenters. The summed E-state index contributed by atoms with van der Waals surface area (Å²) in [6, 6.07) is 31.4. The van der Waals surface area contributed by atoms with Gasteiger partial charge in [-0.1, -0.05) is 54.6 Å². The molecular formula is C32H30N4O. The molecule has 2 aliphatic heterocycles. The Morgan fingerprint density at radius 1 is 0.892 bits per heavy atom. The number of fused-ring (bicyclic) bond motifs is 2. The summed E-state index contributed by atoms with van der Waals surface area (Å²) in [5, 5.41) is 12.0. The number of hydrogen-bond donors (Lipinski definition) is 0. The number of likely N-dealkylation sites (tertiary alicyclic amines) is 1. The Balaban J connectivity index is 1.28. The highest BCUT2D eigenvalue weighted by molar-refractivity contribution is 5.73. The van der Waals surface area contributed by atoms with E-state index in [4.69, 9.17) is 4.84 Å². The number of pyridine rings is 1. The van der Waals surface area contributed by atoms with Crippen LogP contribution in [0, 0.1) is 18.3 Å². The maximum absolute atomic E-state index is 10.1. The summed E-state index contributed by atoms with van der Waals surface area (Å²) in [6.07, 6.45) is 3.77. The molecule has 0 saturated carbocycles. The summed E-state index contributed by atoms with van der Waals surface area (Å²) in [5.74, 6) is 0. The molecule has 3 aromatic carbocycles. The molecule has 5 heteroatoms. The SMILES string of the molecule is Cc1cccnc1CN1CCC2(CC1)CON(c1ccc(-c3ccccc3)cc1)c1cccc(C#N)c12. The van der Waals surface area contributed by atoms with Gasteiger partial charge in [0.05, 0.1) is 35.3 Å². The van der Waals surface area contributed by atoms with Crippen LogP contribution in [0.5, 0.6) is 0 Å². The van der Waals surface area contributed by atoms with Crippen LogP contribution in [0.4, 0.5) is 11.4 Å². The Hall–Kier alpha value is -3.98. The van der Waals surface area contributed by atoms with Crippen LogP contribution < -0.4 is 5.06 Å². The van der Waals surface area contributed by atoms with Crippen molar-refractivity contribution in [1.82, 2.24) is 9.88 Å². The molecule has 3 heterocycles. The van der Waals surface area contributed by atoms with Gasteiger partial charge in [-0.05, 0) is 79.9 Å². The van der Waals surface area contributed by atoms with E-state index < -0.39 is 0 Å². The van der Waals surface area contributed by atoms with Gasteiger partial charge in [0.25, 0.3) is 0 Å². The monoisotopic (exact) mass is 486 g/mol. The molecule has 1 fully saturated rings. The summed E-state index contributed by atoms with van der Waals surface area (Å²) < 4.78 is 0. The molecule has 4 aromatic rings. The van der Waals surface area contributed by atoms with E-state index in [9.17, 15) is 5.26 Å². The number of hydrogen-bond acceptors (Lipinski definition) is 5. The number of nitriles is 1. The van der Waals surface area contributed by atoms with E-state index >= 15 is 0 Å². The van der Waals surface area contributed by atoms with Crippen LogP contribution in [0.2, 0.25) is 0 Å². The van der Waals surface area contributed by atoms with Crippen LogP contribution in [0.25, 0.3) is 11.1 Å². The molecule has 1 spiro atoms. The first-order valence-corrected chi connectivity index (χ1v) is 12.9. The zero-order valence-corrected chi connectivity index (χ0v) is 21.1. The highest BCUT2D eigenvalue weighted by Crippen LogP contribution is 2.48. The van der Waals surface area contributed by atoms with E-state index in [1.807, 2.05) is 35.5 Å². The highest BCUT2D eigenvalue weighted by atomic mass is 16.7. The second-order valence-corrected chi connectivity index (χ2v) is 10.1. The van der Waals surface area contributed by atoms with Crippen molar-refractivity contribution in [3.05, 3.63) is 114 Å². The number of aryl methyl sites for hydroxylation is 1. The van der Waals surface area contributed by atoms with Gasteiger partial charge in [-0.3, -0.25) is 14.7 Å². The Morgan fingerprint density at radius 2 is 1.65 bits per heavy atom. The van der Waals surface area contributed by atoms with Gasteiger partial charge in [0.15, 0.2) is 0 Å². The van der Waals surface area contributed by atoms with E-state index in [2.05, 4.69) is 83.5 Å². The second-order valence-electron chi connectivity index (χ2n) is 10.1. The van der Waals surface area contributed by atoms with Crippen molar-refractivity contribution in [3.8, 4) is 17.2 Å². The van der Waals surface area contributed by atoms with E-state index in [0.29, 0.717) is 6.61 Å². The van der Waals surface area contributed by atoms with Crippen LogP contribution in [-0.4, -0.2) is 29.6 Å². The first kappa shape index (κ1) is 23.4. The van der Waals surface area contributed by atoms with Crippen molar-refractivity contribution in [1.29, 1.82) is 5.26 Å². The molecule has 2 aliphatic rings. The van der Waals surface area contributed by atoms with E-state index in [1.165, 1.54) is 16.7 Å². The first-order chi connectivity index (χ1) is 18.2. The molecule has 0 N–H and O–H groups in total. The molecule has 1 aromatic heterocycles. The van der Waals surface area contributed by atoms with E-state index in [-0.39, 0.29) is 5.41 Å². The third kappa shape index (κ3) is 4.40. The third-order valence-electron chi connectivity index (χ3n) is 7.90. The molecule has 0 radical (unpaired) electrons. The van der Waals surface area contributed by atoms with Crippen LogP contribution in [0.1, 0.15) is 35.2 Å². The van der Waals surface area contributed by atoms with Crippen molar-refractivity contribution in [3.63, 3.8) is 0 Å². The molecule has 6 rings (SSSR count). The number of piperidine rings is 1. The lowest BCUT2D eigenvalue weighted by atomic mass is 9.70. The van der Waals surface area contributed by atoms with Crippen LogP contribution in [0.15, 0.2) is 91.1 Å². The Bertz CT molecular complexity index is 1430. The van der Waals surface area contributed by atoms with Crippen LogP contribution >= 0.6 is 0 Å². The molecular weight excluding hydrogens is 456 g/mol. The summed E-state index contributed by atoms with van der Waals surface area (Å²) in [4.78, 5) is 13.6. The molecule has 0 aliphatic carbocycles.